The molecule has 0 aromatic carbocycles. The van der Waals surface area contributed by atoms with E-state index in [9.17, 15) is 4.79 Å². The molecular weight excluding hydrogens is 314 g/mol. The zero-order chi connectivity index (χ0) is 16.4. The maximum Gasteiger partial charge on any atom is 0.241 e. The van der Waals surface area contributed by atoms with Gasteiger partial charge < -0.3 is 14.1 Å². The lowest BCUT2D eigenvalue weighted by Crippen LogP contribution is -2.45. The average molecular weight is 335 g/mol. The number of carbonyl (C=O) groups is 1. The van der Waals surface area contributed by atoms with E-state index >= 15 is 0 Å². The molecule has 2 atom stereocenters. The molecule has 0 N–H and O–H groups in total. The third-order valence-corrected chi connectivity index (χ3v) is 5.04. The van der Waals surface area contributed by atoms with Crippen LogP contribution in [0.1, 0.15) is 55.3 Å². The molecule has 0 aliphatic carbocycles. The van der Waals surface area contributed by atoms with Gasteiger partial charge in [-0.1, -0.05) is 19.9 Å². The van der Waals surface area contributed by atoms with Gasteiger partial charge in [0.1, 0.15) is 6.04 Å². The molecule has 1 aliphatic heterocycles. The van der Waals surface area contributed by atoms with Gasteiger partial charge in [-0.2, -0.15) is 0 Å². The smallest absolute Gasteiger partial charge is 0.241 e. The fourth-order valence-corrected chi connectivity index (χ4v) is 3.37. The number of carbonyl (C=O) groups excluding carboxylic acids is 1. The lowest BCUT2D eigenvalue weighted by molar-refractivity contribution is -0.142. The highest BCUT2D eigenvalue weighted by molar-refractivity contribution is 7.10. The van der Waals surface area contributed by atoms with Gasteiger partial charge >= 0.3 is 0 Å². The molecule has 1 aliphatic rings. The van der Waals surface area contributed by atoms with Gasteiger partial charge in [0.05, 0.1) is 19.1 Å². The van der Waals surface area contributed by atoms with Gasteiger partial charge in [-0.3, -0.25) is 4.79 Å². The van der Waals surface area contributed by atoms with Crippen molar-refractivity contribution in [1.29, 1.82) is 0 Å². The van der Waals surface area contributed by atoms with Crippen LogP contribution in [0.5, 0.6) is 0 Å². The van der Waals surface area contributed by atoms with E-state index in [4.69, 9.17) is 9.15 Å². The van der Waals surface area contributed by atoms with Crippen LogP contribution in [0.25, 0.3) is 0 Å². The number of nitrogens with zero attached hydrogens (tertiary/aromatic N) is 3. The fraction of sp³-hybridized carbons (Fsp3) is 0.562. The Balaban J connectivity index is 1.81. The average Bonchev–Trinajstić information content (AvgIpc) is 3.24. The van der Waals surface area contributed by atoms with E-state index in [1.807, 2.05) is 43.2 Å². The predicted molar refractivity (Wildman–Crippen MR) is 86.4 cm³/mol. The van der Waals surface area contributed by atoms with Gasteiger partial charge in [-0.25, -0.2) is 0 Å². The third kappa shape index (κ3) is 3.30. The van der Waals surface area contributed by atoms with Crippen molar-refractivity contribution in [3.63, 3.8) is 0 Å². The maximum absolute atomic E-state index is 12.9. The van der Waals surface area contributed by atoms with Crippen molar-refractivity contribution < 1.29 is 13.9 Å². The number of hydrogen-bond donors (Lipinski definition) is 0. The number of morpholine rings is 1. The molecule has 0 radical (unpaired) electrons. The van der Waals surface area contributed by atoms with E-state index in [-0.39, 0.29) is 23.8 Å². The Morgan fingerprint density at radius 2 is 2.22 bits per heavy atom. The molecule has 0 unspecified atom stereocenters. The van der Waals surface area contributed by atoms with Crippen LogP contribution in [0, 0.1) is 0 Å². The van der Waals surface area contributed by atoms with Gasteiger partial charge in [0.25, 0.3) is 0 Å². The van der Waals surface area contributed by atoms with E-state index in [2.05, 4.69) is 10.2 Å². The van der Waals surface area contributed by atoms with Crippen molar-refractivity contribution in [2.45, 2.75) is 38.6 Å². The first-order valence-corrected chi connectivity index (χ1v) is 8.70. The molecule has 0 bridgehead atoms. The molecule has 6 nitrogen and oxygen atoms in total. The normalized spacial score (nSPS) is 20.0. The van der Waals surface area contributed by atoms with E-state index in [0.29, 0.717) is 31.5 Å². The molecule has 1 amide bonds. The Morgan fingerprint density at radius 3 is 2.87 bits per heavy atom. The van der Waals surface area contributed by atoms with Gasteiger partial charge in [-0.15, -0.1) is 21.5 Å². The van der Waals surface area contributed by atoms with Crippen molar-refractivity contribution in [1.82, 2.24) is 15.1 Å². The van der Waals surface area contributed by atoms with Crippen molar-refractivity contribution in [2.24, 2.45) is 0 Å². The van der Waals surface area contributed by atoms with Gasteiger partial charge in [0, 0.05) is 17.3 Å². The summed E-state index contributed by atoms with van der Waals surface area (Å²) in [6.07, 6.45) is 0. The van der Waals surface area contributed by atoms with Crippen LogP contribution in [-0.2, 0) is 9.53 Å². The van der Waals surface area contributed by atoms with Crippen LogP contribution in [0.15, 0.2) is 21.9 Å². The van der Waals surface area contributed by atoms with Crippen LogP contribution < -0.4 is 0 Å². The summed E-state index contributed by atoms with van der Waals surface area (Å²) >= 11 is 1.60. The first kappa shape index (κ1) is 16.1. The number of amides is 1. The van der Waals surface area contributed by atoms with Crippen LogP contribution >= 0.6 is 11.3 Å². The minimum atomic E-state index is -0.307. The molecule has 1 fully saturated rings. The van der Waals surface area contributed by atoms with E-state index in [1.165, 1.54) is 0 Å². The molecule has 7 heteroatoms. The first-order chi connectivity index (χ1) is 11.1. The highest BCUT2D eigenvalue weighted by Gasteiger charge is 2.35. The zero-order valence-electron chi connectivity index (χ0n) is 13.6. The number of hydrogen-bond acceptors (Lipinski definition) is 6. The molecule has 23 heavy (non-hydrogen) atoms. The molecule has 3 heterocycles. The van der Waals surface area contributed by atoms with Gasteiger partial charge in [-0.05, 0) is 18.4 Å². The lowest BCUT2D eigenvalue weighted by Gasteiger charge is -2.35. The summed E-state index contributed by atoms with van der Waals surface area (Å²) in [5, 5.41) is 10.2. The number of rotatable bonds is 4. The minimum Gasteiger partial charge on any atom is -0.423 e. The number of aromatic nitrogens is 2. The van der Waals surface area contributed by atoms with E-state index in [1.54, 1.807) is 11.3 Å². The monoisotopic (exact) mass is 335 g/mol. The summed E-state index contributed by atoms with van der Waals surface area (Å²) in [5.41, 5.74) is 0. The Hall–Kier alpha value is -1.73. The topological polar surface area (TPSA) is 68.5 Å². The second-order valence-electron chi connectivity index (χ2n) is 5.99. The Bertz CT molecular complexity index is 653. The Morgan fingerprint density at radius 1 is 1.39 bits per heavy atom. The van der Waals surface area contributed by atoms with Crippen LogP contribution in [0.4, 0.5) is 0 Å². The largest absolute Gasteiger partial charge is 0.423 e. The Kier molecular flexibility index (Phi) is 4.77. The van der Waals surface area contributed by atoms with E-state index in [0.717, 1.165) is 4.88 Å². The first-order valence-electron chi connectivity index (χ1n) is 7.83. The van der Waals surface area contributed by atoms with Crippen LogP contribution in [0.2, 0.25) is 0 Å². The minimum absolute atomic E-state index is 0.0741. The van der Waals surface area contributed by atoms with Crippen molar-refractivity contribution in [3.8, 4) is 0 Å². The maximum atomic E-state index is 12.9. The SMILES string of the molecule is CC(C)c1nnc([C@@H]2COCCN2C(=O)[C@H](C)c2cccs2)o1. The standard InChI is InChI=1S/C16H21N3O3S/c1-10(2)14-17-18-15(22-14)12-9-21-7-6-19(12)16(20)11(3)13-5-4-8-23-13/h4-5,8,10-12H,6-7,9H2,1-3H3/t11-,12+/m1/s1. The summed E-state index contributed by atoms with van der Waals surface area (Å²) in [5.74, 6) is 1.10. The molecule has 3 rings (SSSR count). The molecule has 2 aromatic rings. The second kappa shape index (κ2) is 6.80. The fourth-order valence-electron chi connectivity index (χ4n) is 2.59. The van der Waals surface area contributed by atoms with Crippen LogP contribution in [-0.4, -0.2) is 40.8 Å². The Labute approximate surface area is 139 Å². The van der Waals surface area contributed by atoms with Crippen molar-refractivity contribution >= 4 is 17.2 Å². The molecule has 0 saturated carbocycles. The summed E-state index contributed by atoms with van der Waals surface area (Å²) in [4.78, 5) is 15.8. The molecule has 2 aromatic heterocycles. The molecular formula is C16H21N3O3S. The quantitative estimate of drug-likeness (QED) is 0.859. The second-order valence-corrected chi connectivity index (χ2v) is 6.97. The lowest BCUT2D eigenvalue weighted by atomic mass is 10.1. The van der Waals surface area contributed by atoms with Crippen molar-refractivity contribution in [2.75, 3.05) is 19.8 Å². The summed E-state index contributed by atoms with van der Waals surface area (Å²) < 4.78 is 11.3. The number of ether oxygens (including phenoxy) is 1. The highest BCUT2D eigenvalue weighted by Crippen LogP contribution is 2.30. The summed E-state index contributed by atoms with van der Waals surface area (Å²) in [6.45, 7) is 7.40. The zero-order valence-corrected chi connectivity index (χ0v) is 14.4. The van der Waals surface area contributed by atoms with Gasteiger partial charge in [0.15, 0.2) is 0 Å². The highest BCUT2D eigenvalue weighted by atomic mass is 32.1. The van der Waals surface area contributed by atoms with Crippen molar-refractivity contribution in [3.05, 3.63) is 34.2 Å². The summed E-state index contributed by atoms with van der Waals surface area (Å²) in [6, 6.07) is 3.65. The van der Waals surface area contributed by atoms with E-state index < -0.39 is 0 Å². The molecule has 124 valence electrons. The third-order valence-electron chi connectivity index (χ3n) is 3.99. The predicted octanol–water partition coefficient (Wildman–Crippen LogP) is 2.96. The van der Waals surface area contributed by atoms with Crippen LogP contribution in [0.3, 0.4) is 0 Å². The van der Waals surface area contributed by atoms with Gasteiger partial charge in [0.2, 0.25) is 17.7 Å². The molecule has 0 spiro atoms. The number of thiophene rings is 1. The summed E-state index contributed by atoms with van der Waals surface area (Å²) in [7, 11) is 0. The molecule has 1 saturated heterocycles.